The van der Waals surface area contributed by atoms with E-state index in [4.69, 9.17) is 9.84 Å². The summed E-state index contributed by atoms with van der Waals surface area (Å²) in [5.41, 5.74) is 5.14. The summed E-state index contributed by atoms with van der Waals surface area (Å²) in [6.07, 6.45) is 1.86. The summed E-state index contributed by atoms with van der Waals surface area (Å²) < 4.78 is 7.34. The number of rotatable bonds is 6. The Labute approximate surface area is 191 Å². The van der Waals surface area contributed by atoms with Gasteiger partial charge < -0.3 is 4.74 Å². The van der Waals surface area contributed by atoms with Crippen molar-refractivity contribution >= 4 is 17.6 Å². The number of fused-ring (bicyclic) bond motifs is 1. The highest BCUT2D eigenvalue weighted by Crippen LogP contribution is 2.31. The molecule has 0 atom stereocenters. The summed E-state index contributed by atoms with van der Waals surface area (Å²) in [6.45, 7) is 3.82. The molecule has 0 unspecified atom stereocenters. The number of hydrogen-bond donors (Lipinski definition) is 0. The van der Waals surface area contributed by atoms with Crippen LogP contribution in [0.1, 0.15) is 21.5 Å². The number of ether oxygens (including phenoxy) is 1. The maximum absolute atomic E-state index is 12.7. The van der Waals surface area contributed by atoms with Gasteiger partial charge in [-0.15, -0.1) is 0 Å². The molecule has 162 valence electrons. The highest BCUT2D eigenvalue weighted by molar-refractivity contribution is 6.10. The van der Waals surface area contributed by atoms with Gasteiger partial charge in [-0.05, 0) is 18.2 Å². The molecule has 0 aliphatic carbocycles. The van der Waals surface area contributed by atoms with Gasteiger partial charge >= 0.3 is 5.97 Å². The van der Waals surface area contributed by atoms with Gasteiger partial charge in [0.2, 0.25) is 0 Å². The standard InChI is InChI=1S/C27H21N3O3/c1-19-23-14-8-9-15-24(23)27(32)29(19)17-25(31)33-18-21-16-30(22-12-6-3-7-13-22)28-26(21)20-10-4-2-5-11-20/h2-16H,1,17-18H2. The van der Waals surface area contributed by atoms with E-state index in [-0.39, 0.29) is 19.1 Å². The number of amides is 1. The maximum Gasteiger partial charge on any atom is 0.326 e. The lowest BCUT2D eigenvalue weighted by atomic mass is 10.1. The van der Waals surface area contributed by atoms with E-state index in [1.165, 1.54) is 4.90 Å². The maximum atomic E-state index is 12.7. The lowest BCUT2D eigenvalue weighted by Crippen LogP contribution is -2.30. The molecule has 6 nitrogen and oxygen atoms in total. The minimum atomic E-state index is -0.510. The Bertz CT molecular complexity index is 1310. The molecule has 0 radical (unpaired) electrons. The summed E-state index contributed by atoms with van der Waals surface area (Å²) >= 11 is 0. The van der Waals surface area contributed by atoms with Gasteiger partial charge in [0, 0.05) is 34.1 Å². The first kappa shape index (κ1) is 20.5. The van der Waals surface area contributed by atoms with Crippen molar-refractivity contribution < 1.29 is 14.3 Å². The number of hydrogen-bond acceptors (Lipinski definition) is 4. The lowest BCUT2D eigenvalue weighted by molar-refractivity contribution is -0.145. The number of para-hydroxylation sites is 1. The van der Waals surface area contributed by atoms with Crippen molar-refractivity contribution in [1.29, 1.82) is 0 Å². The monoisotopic (exact) mass is 435 g/mol. The molecule has 0 fully saturated rings. The second-order valence-electron chi connectivity index (χ2n) is 7.69. The summed E-state index contributed by atoms with van der Waals surface area (Å²) in [6, 6.07) is 26.7. The third-order valence-electron chi connectivity index (χ3n) is 5.57. The van der Waals surface area contributed by atoms with Crippen molar-refractivity contribution in [2.24, 2.45) is 0 Å². The van der Waals surface area contributed by atoms with Crippen LogP contribution < -0.4 is 0 Å². The van der Waals surface area contributed by atoms with Crippen LogP contribution in [0.25, 0.3) is 22.6 Å². The van der Waals surface area contributed by atoms with Gasteiger partial charge in [0.25, 0.3) is 5.91 Å². The van der Waals surface area contributed by atoms with E-state index in [2.05, 4.69) is 6.58 Å². The van der Waals surface area contributed by atoms with Gasteiger partial charge in [0.15, 0.2) is 0 Å². The van der Waals surface area contributed by atoms with Crippen molar-refractivity contribution in [2.75, 3.05) is 6.54 Å². The van der Waals surface area contributed by atoms with Gasteiger partial charge in [-0.25, -0.2) is 4.68 Å². The zero-order valence-corrected chi connectivity index (χ0v) is 17.8. The van der Waals surface area contributed by atoms with Crippen molar-refractivity contribution in [3.63, 3.8) is 0 Å². The Kier molecular flexibility index (Phi) is 5.32. The second kappa shape index (κ2) is 8.59. The average Bonchev–Trinajstić information content (AvgIpc) is 3.40. The summed E-state index contributed by atoms with van der Waals surface area (Å²) in [5, 5.41) is 4.73. The highest BCUT2D eigenvalue weighted by atomic mass is 16.5. The molecule has 1 aromatic heterocycles. The molecule has 6 heteroatoms. The Morgan fingerprint density at radius 2 is 1.52 bits per heavy atom. The summed E-state index contributed by atoms with van der Waals surface area (Å²) in [4.78, 5) is 26.7. The first-order valence-corrected chi connectivity index (χ1v) is 10.6. The molecule has 4 aromatic rings. The van der Waals surface area contributed by atoms with E-state index < -0.39 is 5.97 Å². The van der Waals surface area contributed by atoms with Crippen LogP contribution in [0.3, 0.4) is 0 Å². The predicted octanol–water partition coefficient (Wildman–Crippen LogP) is 4.71. The fraction of sp³-hybridized carbons (Fsp3) is 0.0741. The van der Waals surface area contributed by atoms with E-state index in [0.29, 0.717) is 11.3 Å². The zero-order valence-electron chi connectivity index (χ0n) is 17.8. The minimum absolute atomic E-state index is 0.0390. The van der Waals surface area contributed by atoms with Gasteiger partial charge in [-0.2, -0.15) is 5.10 Å². The van der Waals surface area contributed by atoms with Gasteiger partial charge in [0.05, 0.1) is 11.4 Å². The van der Waals surface area contributed by atoms with Crippen LogP contribution in [0, 0.1) is 0 Å². The molecule has 1 aliphatic rings. The number of carbonyl (C=O) groups is 2. The molecule has 3 aromatic carbocycles. The molecular weight excluding hydrogens is 414 g/mol. The van der Waals surface area contributed by atoms with Crippen LogP contribution in [-0.2, 0) is 16.1 Å². The van der Waals surface area contributed by atoms with E-state index in [1.807, 2.05) is 79.0 Å². The normalized spacial score (nSPS) is 12.7. The molecule has 5 rings (SSSR count). The molecule has 0 saturated carbocycles. The molecule has 0 saturated heterocycles. The summed E-state index contributed by atoms with van der Waals surface area (Å²) in [5.74, 6) is -0.752. The van der Waals surface area contributed by atoms with Crippen LogP contribution in [-0.4, -0.2) is 33.1 Å². The van der Waals surface area contributed by atoms with E-state index in [9.17, 15) is 9.59 Å². The number of nitrogens with zero attached hydrogens (tertiary/aromatic N) is 3. The number of carbonyl (C=O) groups excluding carboxylic acids is 2. The molecule has 2 heterocycles. The lowest BCUT2D eigenvalue weighted by Gasteiger charge is -2.16. The van der Waals surface area contributed by atoms with Gasteiger partial charge in [-0.3, -0.25) is 14.5 Å². The third kappa shape index (κ3) is 3.94. The third-order valence-corrected chi connectivity index (χ3v) is 5.57. The molecular formula is C27H21N3O3. The molecule has 1 aliphatic heterocycles. The van der Waals surface area contributed by atoms with Gasteiger partial charge in [-0.1, -0.05) is 73.3 Å². The topological polar surface area (TPSA) is 64.4 Å². The summed E-state index contributed by atoms with van der Waals surface area (Å²) in [7, 11) is 0. The first-order chi connectivity index (χ1) is 16.1. The van der Waals surface area contributed by atoms with Crippen molar-refractivity contribution in [3.8, 4) is 16.9 Å². The van der Waals surface area contributed by atoms with Crippen LogP contribution in [0.15, 0.2) is 97.7 Å². The highest BCUT2D eigenvalue weighted by Gasteiger charge is 2.32. The SMILES string of the molecule is C=C1c2ccccc2C(=O)N1CC(=O)OCc1cn(-c2ccccc2)nc1-c1ccccc1. The quantitative estimate of drug-likeness (QED) is 0.412. The van der Waals surface area contributed by atoms with Crippen molar-refractivity contribution in [1.82, 2.24) is 14.7 Å². The fourth-order valence-electron chi connectivity index (χ4n) is 3.90. The number of esters is 1. The molecule has 0 N–H and O–H groups in total. The molecule has 0 spiro atoms. The Hall–Kier alpha value is -4.45. The van der Waals surface area contributed by atoms with E-state index in [1.54, 1.807) is 16.8 Å². The van der Waals surface area contributed by atoms with Crippen LogP contribution >= 0.6 is 0 Å². The van der Waals surface area contributed by atoms with Crippen LogP contribution in [0.2, 0.25) is 0 Å². The van der Waals surface area contributed by atoms with Crippen LogP contribution in [0.5, 0.6) is 0 Å². The predicted molar refractivity (Wildman–Crippen MR) is 125 cm³/mol. The Balaban J connectivity index is 1.34. The second-order valence-corrected chi connectivity index (χ2v) is 7.69. The molecule has 0 bridgehead atoms. The number of benzene rings is 3. The number of aromatic nitrogens is 2. The van der Waals surface area contributed by atoms with E-state index >= 15 is 0 Å². The Morgan fingerprint density at radius 3 is 2.21 bits per heavy atom. The molecule has 1 amide bonds. The zero-order chi connectivity index (χ0) is 22.8. The van der Waals surface area contributed by atoms with Gasteiger partial charge in [0.1, 0.15) is 13.2 Å². The first-order valence-electron chi connectivity index (χ1n) is 10.6. The van der Waals surface area contributed by atoms with Crippen LogP contribution in [0.4, 0.5) is 0 Å². The van der Waals surface area contributed by atoms with E-state index in [0.717, 1.165) is 28.1 Å². The fourth-order valence-corrected chi connectivity index (χ4v) is 3.90. The van der Waals surface area contributed by atoms with Crippen molar-refractivity contribution in [3.05, 3.63) is 114 Å². The largest absolute Gasteiger partial charge is 0.459 e. The minimum Gasteiger partial charge on any atom is -0.459 e. The average molecular weight is 435 g/mol. The molecule has 33 heavy (non-hydrogen) atoms. The van der Waals surface area contributed by atoms with Crippen molar-refractivity contribution in [2.45, 2.75) is 6.61 Å². The Morgan fingerprint density at radius 1 is 0.879 bits per heavy atom. The smallest absolute Gasteiger partial charge is 0.326 e.